The molecule has 1 aliphatic heterocycles. The predicted molar refractivity (Wildman–Crippen MR) is 114 cm³/mol. The number of carbonyl (C=O) groups is 1. The highest BCUT2D eigenvalue weighted by atomic mass is 32.1. The number of hydrogen-bond acceptors (Lipinski definition) is 8. The largest absolute Gasteiger partial charge is 0.348 e. The minimum atomic E-state index is -0.0489. The molecule has 1 saturated heterocycles. The third-order valence-corrected chi connectivity index (χ3v) is 5.46. The van der Waals surface area contributed by atoms with Crippen LogP contribution in [0.15, 0.2) is 54.7 Å². The van der Waals surface area contributed by atoms with Gasteiger partial charge in [-0.25, -0.2) is 4.98 Å². The molecule has 0 spiro atoms. The maximum absolute atomic E-state index is 11.8. The van der Waals surface area contributed by atoms with E-state index in [0.29, 0.717) is 18.3 Å². The SMILES string of the molecule is C=CC(=O)N1CCCC(Nc2nncc(Nc3ccc(-c4nccs4)cc3)n2)C1. The van der Waals surface area contributed by atoms with E-state index in [2.05, 4.69) is 37.4 Å². The van der Waals surface area contributed by atoms with Gasteiger partial charge in [-0.05, 0) is 43.2 Å². The Balaban J connectivity index is 1.40. The van der Waals surface area contributed by atoms with Gasteiger partial charge in [0.2, 0.25) is 11.9 Å². The molecular weight excluding hydrogens is 386 g/mol. The van der Waals surface area contributed by atoms with Gasteiger partial charge in [0, 0.05) is 42.0 Å². The summed E-state index contributed by atoms with van der Waals surface area (Å²) in [5.41, 5.74) is 1.97. The fraction of sp³-hybridized carbons (Fsp3) is 0.250. The number of likely N-dealkylation sites (tertiary alicyclic amines) is 1. The molecule has 1 atom stereocenters. The number of piperidine rings is 1. The smallest absolute Gasteiger partial charge is 0.246 e. The van der Waals surface area contributed by atoms with Gasteiger partial charge in [0.1, 0.15) is 5.01 Å². The first kappa shape index (κ1) is 19.0. The summed E-state index contributed by atoms with van der Waals surface area (Å²) in [7, 11) is 0. The predicted octanol–water partition coefficient (Wildman–Crippen LogP) is 3.33. The van der Waals surface area contributed by atoms with Gasteiger partial charge in [0.05, 0.1) is 6.20 Å². The van der Waals surface area contributed by atoms with E-state index in [1.54, 1.807) is 28.6 Å². The lowest BCUT2D eigenvalue weighted by Gasteiger charge is -2.32. The third-order valence-electron chi connectivity index (χ3n) is 4.64. The first-order chi connectivity index (χ1) is 14.2. The van der Waals surface area contributed by atoms with Gasteiger partial charge in [-0.15, -0.1) is 16.4 Å². The van der Waals surface area contributed by atoms with Crippen molar-refractivity contribution in [2.75, 3.05) is 23.7 Å². The fourth-order valence-corrected chi connectivity index (χ4v) is 3.89. The number of amides is 1. The summed E-state index contributed by atoms with van der Waals surface area (Å²) in [6.45, 7) is 4.91. The van der Waals surface area contributed by atoms with Gasteiger partial charge in [-0.3, -0.25) is 4.79 Å². The molecule has 1 fully saturated rings. The zero-order valence-electron chi connectivity index (χ0n) is 15.8. The van der Waals surface area contributed by atoms with E-state index >= 15 is 0 Å². The molecule has 3 aromatic rings. The molecule has 29 heavy (non-hydrogen) atoms. The van der Waals surface area contributed by atoms with E-state index in [9.17, 15) is 4.79 Å². The highest BCUT2D eigenvalue weighted by molar-refractivity contribution is 7.13. The molecule has 0 saturated carbocycles. The molecule has 2 aromatic heterocycles. The second-order valence-electron chi connectivity index (χ2n) is 6.68. The molecule has 0 radical (unpaired) electrons. The van der Waals surface area contributed by atoms with Crippen molar-refractivity contribution in [2.45, 2.75) is 18.9 Å². The quantitative estimate of drug-likeness (QED) is 0.605. The van der Waals surface area contributed by atoms with Crippen LogP contribution in [0.4, 0.5) is 17.5 Å². The van der Waals surface area contributed by atoms with Crippen LogP contribution in [0, 0.1) is 0 Å². The van der Waals surface area contributed by atoms with E-state index in [1.165, 1.54) is 6.08 Å². The lowest BCUT2D eigenvalue weighted by molar-refractivity contribution is -0.127. The molecule has 3 heterocycles. The highest BCUT2D eigenvalue weighted by Gasteiger charge is 2.22. The number of nitrogens with one attached hydrogen (secondary N) is 2. The van der Waals surface area contributed by atoms with Crippen molar-refractivity contribution in [3.8, 4) is 10.6 Å². The number of benzene rings is 1. The monoisotopic (exact) mass is 407 g/mol. The van der Waals surface area contributed by atoms with Crippen LogP contribution in [0.1, 0.15) is 12.8 Å². The third kappa shape index (κ3) is 4.75. The van der Waals surface area contributed by atoms with Gasteiger partial charge < -0.3 is 15.5 Å². The number of hydrogen-bond donors (Lipinski definition) is 2. The molecule has 148 valence electrons. The lowest BCUT2D eigenvalue weighted by atomic mass is 10.1. The molecule has 1 unspecified atom stereocenters. The zero-order valence-corrected chi connectivity index (χ0v) is 16.6. The Kier molecular flexibility index (Phi) is 5.76. The molecule has 4 rings (SSSR count). The molecule has 2 N–H and O–H groups in total. The van der Waals surface area contributed by atoms with E-state index in [1.807, 2.05) is 29.6 Å². The van der Waals surface area contributed by atoms with Gasteiger partial charge in [-0.1, -0.05) is 6.58 Å². The second-order valence-corrected chi connectivity index (χ2v) is 7.57. The summed E-state index contributed by atoms with van der Waals surface area (Å²) >= 11 is 1.61. The average Bonchev–Trinajstić information content (AvgIpc) is 3.29. The summed E-state index contributed by atoms with van der Waals surface area (Å²) in [5, 5.41) is 17.6. The fourth-order valence-electron chi connectivity index (χ4n) is 3.24. The summed E-state index contributed by atoms with van der Waals surface area (Å²) in [6, 6.07) is 8.07. The Morgan fingerprint density at radius 1 is 1.31 bits per heavy atom. The van der Waals surface area contributed by atoms with Crippen molar-refractivity contribution in [3.63, 3.8) is 0 Å². The van der Waals surface area contributed by atoms with E-state index < -0.39 is 0 Å². The Bertz CT molecular complexity index is 975. The van der Waals surface area contributed by atoms with Crippen LogP contribution in [0.5, 0.6) is 0 Å². The molecule has 8 nitrogen and oxygen atoms in total. The van der Waals surface area contributed by atoms with Gasteiger partial charge in [0.15, 0.2) is 5.82 Å². The van der Waals surface area contributed by atoms with Crippen LogP contribution in [-0.4, -0.2) is 50.1 Å². The van der Waals surface area contributed by atoms with Crippen LogP contribution in [0.25, 0.3) is 10.6 Å². The Hall–Kier alpha value is -3.33. The van der Waals surface area contributed by atoms with Crippen molar-refractivity contribution in [1.29, 1.82) is 0 Å². The van der Waals surface area contributed by atoms with E-state index in [-0.39, 0.29) is 11.9 Å². The zero-order chi connectivity index (χ0) is 20.1. The molecule has 1 aromatic carbocycles. The topological polar surface area (TPSA) is 95.9 Å². The lowest BCUT2D eigenvalue weighted by Crippen LogP contribution is -2.44. The summed E-state index contributed by atoms with van der Waals surface area (Å²) in [6.07, 6.45) is 6.60. The van der Waals surface area contributed by atoms with Crippen molar-refractivity contribution >= 4 is 34.7 Å². The first-order valence-corrected chi connectivity index (χ1v) is 10.2. The summed E-state index contributed by atoms with van der Waals surface area (Å²) < 4.78 is 0. The maximum atomic E-state index is 11.8. The average molecular weight is 408 g/mol. The van der Waals surface area contributed by atoms with Crippen LogP contribution >= 0.6 is 11.3 Å². The Morgan fingerprint density at radius 2 is 2.17 bits per heavy atom. The van der Waals surface area contributed by atoms with E-state index in [0.717, 1.165) is 35.6 Å². The highest BCUT2D eigenvalue weighted by Crippen LogP contribution is 2.24. The normalized spacial score (nSPS) is 16.3. The number of nitrogens with zero attached hydrogens (tertiary/aromatic N) is 5. The Morgan fingerprint density at radius 3 is 2.93 bits per heavy atom. The van der Waals surface area contributed by atoms with E-state index in [4.69, 9.17) is 0 Å². The van der Waals surface area contributed by atoms with Gasteiger partial charge in [0.25, 0.3) is 0 Å². The summed E-state index contributed by atoms with van der Waals surface area (Å²) in [5.74, 6) is 0.985. The molecular formula is C20H21N7OS. The number of thiazole rings is 1. The van der Waals surface area contributed by atoms with Gasteiger partial charge in [-0.2, -0.15) is 10.1 Å². The summed E-state index contributed by atoms with van der Waals surface area (Å²) in [4.78, 5) is 22.4. The van der Waals surface area contributed by atoms with Crippen molar-refractivity contribution in [2.24, 2.45) is 0 Å². The number of aromatic nitrogens is 4. The van der Waals surface area contributed by atoms with Crippen molar-refractivity contribution in [1.82, 2.24) is 25.1 Å². The van der Waals surface area contributed by atoms with Crippen LogP contribution in [0.2, 0.25) is 0 Å². The number of anilines is 3. The number of rotatable bonds is 6. The molecule has 0 aliphatic carbocycles. The minimum Gasteiger partial charge on any atom is -0.348 e. The van der Waals surface area contributed by atoms with Crippen molar-refractivity contribution in [3.05, 3.63) is 54.7 Å². The van der Waals surface area contributed by atoms with Crippen LogP contribution < -0.4 is 10.6 Å². The van der Waals surface area contributed by atoms with Crippen LogP contribution in [0.3, 0.4) is 0 Å². The van der Waals surface area contributed by atoms with Gasteiger partial charge >= 0.3 is 0 Å². The maximum Gasteiger partial charge on any atom is 0.246 e. The first-order valence-electron chi connectivity index (χ1n) is 9.36. The molecule has 0 bridgehead atoms. The molecule has 1 aliphatic rings. The number of carbonyl (C=O) groups excluding carboxylic acids is 1. The molecule has 9 heteroatoms. The van der Waals surface area contributed by atoms with Crippen LogP contribution in [-0.2, 0) is 4.79 Å². The minimum absolute atomic E-state index is 0.0489. The Labute approximate surface area is 172 Å². The second kappa shape index (κ2) is 8.78. The van der Waals surface area contributed by atoms with Crippen molar-refractivity contribution < 1.29 is 4.79 Å². The molecule has 1 amide bonds. The standard InChI is InChI=1S/C20H21N7OS/c1-2-18(28)27-10-3-4-16(13-27)24-20-25-17(12-22-26-20)23-15-7-5-14(6-8-15)19-21-9-11-29-19/h2,5-9,11-12,16H,1,3-4,10,13H2,(H2,23,24,25,26).